The molecule has 2 rings (SSSR count). The van der Waals surface area contributed by atoms with Crippen LogP contribution in [0.15, 0.2) is 6.20 Å². The summed E-state index contributed by atoms with van der Waals surface area (Å²) in [5.41, 5.74) is 2.44. The molecule has 0 fully saturated rings. The molecule has 0 aliphatic heterocycles. The van der Waals surface area contributed by atoms with E-state index >= 15 is 0 Å². The molecule has 0 aromatic carbocycles. The molecule has 1 atom stereocenters. The number of aryl methyl sites for hydroxylation is 1. The second-order valence-corrected chi connectivity index (χ2v) is 7.25. The van der Waals surface area contributed by atoms with Crippen LogP contribution in [-0.4, -0.2) is 37.3 Å². The van der Waals surface area contributed by atoms with E-state index in [1.807, 2.05) is 17.9 Å². The van der Waals surface area contributed by atoms with Crippen LogP contribution in [-0.2, 0) is 22.8 Å². The van der Waals surface area contributed by atoms with Crippen molar-refractivity contribution in [3.63, 3.8) is 0 Å². The summed E-state index contributed by atoms with van der Waals surface area (Å²) in [6.45, 7) is 0.463. The van der Waals surface area contributed by atoms with Gasteiger partial charge in [-0.1, -0.05) is 6.42 Å². The predicted molar refractivity (Wildman–Crippen MR) is 71.3 cm³/mol. The van der Waals surface area contributed by atoms with Gasteiger partial charge in [0.25, 0.3) is 0 Å². The third kappa shape index (κ3) is 3.11. The first-order valence-corrected chi connectivity index (χ1v) is 8.47. The van der Waals surface area contributed by atoms with Gasteiger partial charge in [-0.25, -0.2) is 8.42 Å². The number of hydrogen-bond donors (Lipinski definition) is 1. The van der Waals surface area contributed by atoms with Crippen LogP contribution in [0.1, 0.15) is 36.6 Å². The maximum Gasteiger partial charge on any atom is 0.149 e. The fourth-order valence-corrected chi connectivity index (χ4v) is 3.04. The van der Waals surface area contributed by atoms with Crippen LogP contribution in [0.2, 0.25) is 0 Å². The van der Waals surface area contributed by atoms with E-state index < -0.39 is 9.84 Å². The fraction of sp³-hybridized carbons (Fsp3) is 0.750. The predicted octanol–water partition coefficient (Wildman–Crippen LogP) is 0.915. The van der Waals surface area contributed by atoms with Crippen molar-refractivity contribution in [3.8, 4) is 0 Å². The van der Waals surface area contributed by atoms with E-state index in [9.17, 15) is 8.42 Å². The molecule has 1 heterocycles. The number of fused-ring (bicyclic) bond motifs is 1. The Kier molecular flexibility index (Phi) is 4.07. The zero-order valence-electron chi connectivity index (χ0n) is 11.0. The number of nitrogens with zero attached hydrogens (tertiary/aromatic N) is 2. The van der Waals surface area contributed by atoms with E-state index in [-0.39, 0.29) is 5.75 Å². The Morgan fingerprint density at radius 2 is 2.28 bits per heavy atom. The van der Waals surface area contributed by atoms with Crippen molar-refractivity contribution >= 4 is 9.84 Å². The highest BCUT2D eigenvalue weighted by atomic mass is 32.2. The minimum atomic E-state index is -2.93. The monoisotopic (exact) mass is 271 g/mol. The largest absolute Gasteiger partial charge is 0.313 e. The maximum absolute atomic E-state index is 11.2. The zero-order chi connectivity index (χ0) is 13.2. The minimum Gasteiger partial charge on any atom is -0.313 e. The fourth-order valence-electron chi connectivity index (χ4n) is 2.53. The van der Waals surface area contributed by atoms with Crippen LogP contribution in [0.4, 0.5) is 0 Å². The molecule has 0 radical (unpaired) electrons. The molecule has 0 spiro atoms. The van der Waals surface area contributed by atoms with Gasteiger partial charge in [-0.05, 0) is 26.3 Å². The third-order valence-electron chi connectivity index (χ3n) is 3.54. The maximum atomic E-state index is 11.2. The summed E-state index contributed by atoms with van der Waals surface area (Å²) in [5, 5.41) is 7.67. The Morgan fingerprint density at radius 3 is 2.94 bits per heavy atom. The van der Waals surface area contributed by atoms with Crippen molar-refractivity contribution in [2.24, 2.45) is 0 Å². The van der Waals surface area contributed by atoms with Crippen molar-refractivity contribution < 1.29 is 8.42 Å². The van der Waals surface area contributed by atoms with Gasteiger partial charge >= 0.3 is 0 Å². The van der Waals surface area contributed by atoms with E-state index in [1.54, 1.807) is 0 Å². The Balaban J connectivity index is 2.21. The van der Waals surface area contributed by atoms with E-state index in [0.717, 1.165) is 19.3 Å². The SMILES string of the molecule is CNC1CCCCc2c1cnn2CCS(C)(=O)=O. The second kappa shape index (κ2) is 5.40. The van der Waals surface area contributed by atoms with E-state index in [2.05, 4.69) is 10.4 Å². The van der Waals surface area contributed by atoms with Crippen molar-refractivity contribution in [1.82, 2.24) is 15.1 Å². The summed E-state index contributed by atoms with van der Waals surface area (Å²) in [5.74, 6) is 0.158. The Bertz CT molecular complexity index is 507. The summed E-state index contributed by atoms with van der Waals surface area (Å²) >= 11 is 0. The lowest BCUT2D eigenvalue weighted by molar-refractivity contribution is 0.532. The van der Waals surface area contributed by atoms with Crippen LogP contribution in [0.25, 0.3) is 0 Å². The van der Waals surface area contributed by atoms with Gasteiger partial charge in [-0.15, -0.1) is 0 Å². The molecule has 1 aliphatic rings. The molecule has 1 aromatic heterocycles. The topological polar surface area (TPSA) is 64.0 Å². The molecule has 5 nitrogen and oxygen atoms in total. The first kappa shape index (κ1) is 13.5. The Morgan fingerprint density at radius 1 is 1.50 bits per heavy atom. The van der Waals surface area contributed by atoms with Gasteiger partial charge in [-0.2, -0.15) is 5.10 Å². The van der Waals surface area contributed by atoms with Crippen LogP contribution >= 0.6 is 0 Å². The Hall–Kier alpha value is -0.880. The average molecular weight is 271 g/mol. The summed E-state index contributed by atoms with van der Waals surface area (Å²) < 4.78 is 24.3. The molecule has 0 saturated heterocycles. The molecule has 1 aromatic rings. The number of nitrogens with one attached hydrogen (secondary N) is 1. The first-order chi connectivity index (χ1) is 8.51. The van der Waals surface area contributed by atoms with E-state index in [4.69, 9.17) is 0 Å². The van der Waals surface area contributed by atoms with Gasteiger partial charge in [0.05, 0.1) is 18.5 Å². The van der Waals surface area contributed by atoms with Gasteiger partial charge in [0.2, 0.25) is 0 Å². The zero-order valence-corrected chi connectivity index (χ0v) is 11.8. The third-order valence-corrected chi connectivity index (χ3v) is 4.46. The summed E-state index contributed by atoms with van der Waals surface area (Å²) in [7, 11) is -0.966. The number of hydrogen-bond acceptors (Lipinski definition) is 4. The Labute approximate surface area is 108 Å². The molecular weight excluding hydrogens is 250 g/mol. The highest BCUT2D eigenvalue weighted by molar-refractivity contribution is 7.90. The molecule has 1 aliphatic carbocycles. The van der Waals surface area contributed by atoms with Crippen molar-refractivity contribution in [2.75, 3.05) is 19.1 Å². The molecule has 18 heavy (non-hydrogen) atoms. The van der Waals surface area contributed by atoms with Crippen LogP contribution in [0.5, 0.6) is 0 Å². The lowest BCUT2D eigenvalue weighted by Gasteiger charge is -2.13. The van der Waals surface area contributed by atoms with Crippen molar-refractivity contribution in [3.05, 3.63) is 17.5 Å². The summed E-state index contributed by atoms with van der Waals surface area (Å²) in [6.07, 6.45) is 7.64. The lowest BCUT2D eigenvalue weighted by Crippen LogP contribution is -2.17. The number of sulfone groups is 1. The van der Waals surface area contributed by atoms with Crippen molar-refractivity contribution in [1.29, 1.82) is 0 Å². The molecule has 102 valence electrons. The summed E-state index contributed by atoms with van der Waals surface area (Å²) in [6, 6.07) is 0.356. The summed E-state index contributed by atoms with van der Waals surface area (Å²) in [4.78, 5) is 0. The molecule has 6 heteroatoms. The first-order valence-electron chi connectivity index (χ1n) is 6.41. The average Bonchev–Trinajstić information content (AvgIpc) is 2.58. The lowest BCUT2D eigenvalue weighted by atomic mass is 10.1. The van der Waals surface area contributed by atoms with Gasteiger partial charge in [0, 0.05) is 23.6 Å². The van der Waals surface area contributed by atoms with Crippen molar-refractivity contribution in [2.45, 2.75) is 38.3 Å². The molecular formula is C12H21N3O2S. The minimum absolute atomic E-state index is 0.158. The van der Waals surface area contributed by atoms with Gasteiger partial charge in [-0.3, -0.25) is 4.68 Å². The number of aromatic nitrogens is 2. The van der Waals surface area contributed by atoms with Gasteiger partial charge < -0.3 is 5.32 Å². The van der Waals surface area contributed by atoms with Gasteiger partial charge in [0.15, 0.2) is 0 Å². The van der Waals surface area contributed by atoms with Crippen LogP contribution in [0, 0.1) is 0 Å². The number of rotatable bonds is 4. The van der Waals surface area contributed by atoms with Crippen LogP contribution in [0.3, 0.4) is 0 Å². The molecule has 0 bridgehead atoms. The van der Waals surface area contributed by atoms with E-state index in [1.165, 1.54) is 23.9 Å². The normalized spacial score (nSPS) is 20.4. The standard InChI is InChI=1S/C12H21N3O2S/c1-13-11-5-3-4-6-12-10(11)9-14-15(12)7-8-18(2,16)17/h9,11,13H,3-8H2,1-2H3. The second-order valence-electron chi connectivity index (χ2n) is 4.99. The molecule has 0 saturated carbocycles. The highest BCUT2D eigenvalue weighted by Gasteiger charge is 2.21. The van der Waals surface area contributed by atoms with E-state index in [0.29, 0.717) is 12.6 Å². The smallest absolute Gasteiger partial charge is 0.149 e. The molecule has 0 amide bonds. The molecule has 1 unspecified atom stereocenters. The quantitative estimate of drug-likeness (QED) is 0.827. The van der Waals surface area contributed by atoms with Crippen LogP contribution < -0.4 is 5.32 Å². The highest BCUT2D eigenvalue weighted by Crippen LogP contribution is 2.28. The molecule has 1 N–H and O–H groups in total. The van der Waals surface area contributed by atoms with Gasteiger partial charge in [0.1, 0.15) is 9.84 Å².